The van der Waals surface area contributed by atoms with E-state index in [9.17, 15) is 13.2 Å². The van der Waals surface area contributed by atoms with Crippen molar-refractivity contribution in [1.82, 2.24) is 9.97 Å². The first-order valence-electron chi connectivity index (χ1n) is 5.46. The molecule has 2 aromatic rings. The van der Waals surface area contributed by atoms with Gasteiger partial charge >= 0.3 is 6.18 Å². The summed E-state index contributed by atoms with van der Waals surface area (Å²) in [6.45, 7) is 1.60. The van der Waals surface area contributed by atoms with E-state index in [2.05, 4.69) is 9.97 Å². The zero-order chi connectivity index (χ0) is 14.0. The number of aryl methyl sites for hydroxylation is 1. The first-order chi connectivity index (χ1) is 8.93. The Morgan fingerprint density at radius 1 is 1.11 bits per heavy atom. The monoisotopic (exact) mass is 268 g/mol. The van der Waals surface area contributed by atoms with E-state index in [1.54, 1.807) is 6.92 Å². The molecule has 0 aliphatic rings. The lowest BCUT2D eigenvalue weighted by Gasteiger charge is -2.12. The maximum absolute atomic E-state index is 12.6. The second-order valence-electron chi connectivity index (χ2n) is 3.94. The van der Waals surface area contributed by atoms with Crippen LogP contribution in [0.25, 0.3) is 11.3 Å². The molecule has 0 bridgehead atoms. The van der Waals surface area contributed by atoms with Crippen molar-refractivity contribution in [2.24, 2.45) is 0 Å². The molecule has 0 spiro atoms. The van der Waals surface area contributed by atoms with Gasteiger partial charge in [0.1, 0.15) is 5.69 Å². The van der Waals surface area contributed by atoms with Crippen LogP contribution in [0.2, 0.25) is 0 Å². The highest BCUT2D eigenvalue weighted by Gasteiger charge is 2.30. The van der Waals surface area contributed by atoms with Gasteiger partial charge in [-0.05, 0) is 24.6 Å². The van der Waals surface area contributed by atoms with Gasteiger partial charge in [0.15, 0.2) is 0 Å². The Morgan fingerprint density at radius 3 is 2.37 bits per heavy atom. The first-order valence-corrected chi connectivity index (χ1v) is 5.46. The van der Waals surface area contributed by atoms with Gasteiger partial charge in [-0.3, -0.25) is 0 Å². The molecule has 1 aromatic carbocycles. The molecular formula is C13H11F3N2O. The number of hydrogen-bond acceptors (Lipinski definition) is 3. The number of halogens is 3. The number of alkyl halides is 3. The second kappa shape index (κ2) is 4.87. The van der Waals surface area contributed by atoms with Crippen LogP contribution in [0, 0.1) is 6.92 Å². The molecule has 19 heavy (non-hydrogen) atoms. The molecule has 0 amide bonds. The van der Waals surface area contributed by atoms with Crippen LogP contribution in [0.15, 0.2) is 30.6 Å². The van der Waals surface area contributed by atoms with Crippen LogP contribution in [0.3, 0.4) is 0 Å². The molecule has 0 radical (unpaired) electrons. The van der Waals surface area contributed by atoms with Gasteiger partial charge in [0.25, 0.3) is 0 Å². The standard InChI is InChI=1S/C13H11F3N2O/c1-8-7-9(13(14,15)16)3-4-10(8)11-12(19-2)18-6-5-17-11/h3-7H,1-2H3. The van der Waals surface area contributed by atoms with E-state index in [4.69, 9.17) is 4.74 Å². The van der Waals surface area contributed by atoms with Gasteiger partial charge in [-0.1, -0.05) is 6.07 Å². The molecule has 1 aromatic heterocycles. The zero-order valence-electron chi connectivity index (χ0n) is 10.3. The van der Waals surface area contributed by atoms with E-state index in [1.165, 1.54) is 25.6 Å². The summed E-state index contributed by atoms with van der Waals surface area (Å²) in [4.78, 5) is 8.08. The normalized spacial score (nSPS) is 11.4. The highest BCUT2D eigenvalue weighted by atomic mass is 19.4. The van der Waals surface area contributed by atoms with Crippen molar-refractivity contribution in [3.8, 4) is 17.1 Å². The fourth-order valence-corrected chi connectivity index (χ4v) is 1.77. The summed E-state index contributed by atoms with van der Waals surface area (Å²) in [6, 6.07) is 3.49. The van der Waals surface area contributed by atoms with Crippen molar-refractivity contribution in [2.75, 3.05) is 7.11 Å². The van der Waals surface area contributed by atoms with E-state index < -0.39 is 11.7 Å². The lowest BCUT2D eigenvalue weighted by molar-refractivity contribution is -0.137. The zero-order valence-corrected chi connectivity index (χ0v) is 10.3. The molecule has 0 saturated carbocycles. The average Bonchev–Trinajstić information content (AvgIpc) is 2.37. The molecule has 2 rings (SSSR count). The maximum atomic E-state index is 12.6. The summed E-state index contributed by atoms with van der Waals surface area (Å²) in [6.07, 6.45) is -1.42. The van der Waals surface area contributed by atoms with Gasteiger partial charge < -0.3 is 4.74 Å². The SMILES string of the molecule is COc1nccnc1-c1ccc(C(F)(F)F)cc1C. The minimum atomic E-state index is -4.35. The third-order valence-electron chi connectivity index (χ3n) is 2.67. The third-order valence-corrected chi connectivity index (χ3v) is 2.67. The predicted octanol–water partition coefficient (Wildman–Crippen LogP) is 3.48. The van der Waals surface area contributed by atoms with Crippen molar-refractivity contribution in [3.05, 3.63) is 41.7 Å². The van der Waals surface area contributed by atoms with Crippen molar-refractivity contribution in [2.45, 2.75) is 13.1 Å². The Kier molecular flexibility index (Phi) is 3.42. The van der Waals surface area contributed by atoms with Gasteiger partial charge in [-0.2, -0.15) is 13.2 Å². The number of hydrogen-bond donors (Lipinski definition) is 0. The van der Waals surface area contributed by atoms with Gasteiger partial charge in [-0.15, -0.1) is 0 Å². The molecule has 0 unspecified atom stereocenters. The van der Waals surface area contributed by atoms with Crippen LogP contribution in [0.1, 0.15) is 11.1 Å². The van der Waals surface area contributed by atoms with E-state index in [1.807, 2.05) is 0 Å². The van der Waals surface area contributed by atoms with Gasteiger partial charge in [0.2, 0.25) is 5.88 Å². The molecule has 0 fully saturated rings. The van der Waals surface area contributed by atoms with Crippen LogP contribution in [-0.4, -0.2) is 17.1 Å². The summed E-state index contributed by atoms with van der Waals surface area (Å²) < 4.78 is 42.8. The van der Waals surface area contributed by atoms with Crippen LogP contribution in [0.5, 0.6) is 5.88 Å². The molecule has 100 valence electrons. The summed E-state index contributed by atoms with van der Waals surface area (Å²) in [7, 11) is 1.44. The highest BCUT2D eigenvalue weighted by Crippen LogP contribution is 2.34. The lowest BCUT2D eigenvalue weighted by Crippen LogP contribution is -2.05. The molecule has 0 aliphatic heterocycles. The fraction of sp³-hybridized carbons (Fsp3) is 0.231. The molecule has 0 saturated heterocycles. The Morgan fingerprint density at radius 2 is 1.79 bits per heavy atom. The van der Waals surface area contributed by atoms with Crippen molar-refractivity contribution in [1.29, 1.82) is 0 Å². The molecule has 6 heteroatoms. The summed E-state index contributed by atoms with van der Waals surface area (Å²) in [5, 5.41) is 0. The van der Waals surface area contributed by atoms with Crippen LogP contribution >= 0.6 is 0 Å². The van der Waals surface area contributed by atoms with E-state index in [0.717, 1.165) is 12.1 Å². The number of methoxy groups -OCH3 is 1. The first kappa shape index (κ1) is 13.3. The Balaban J connectivity index is 2.53. The maximum Gasteiger partial charge on any atom is 0.416 e. The van der Waals surface area contributed by atoms with Crippen LogP contribution < -0.4 is 4.74 Å². The average molecular weight is 268 g/mol. The third kappa shape index (κ3) is 2.67. The quantitative estimate of drug-likeness (QED) is 0.836. The minimum Gasteiger partial charge on any atom is -0.479 e. The van der Waals surface area contributed by atoms with Crippen LogP contribution in [0.4, 0.5) is 13.2 Å². The Labute approximate surface area is 108 Å². The van der Waals surface area contributed by atoms with Gasteiger partial charge in [-0.25, -0.2) is 9.97 Å². The van der Waals surface area contributed by atoms with Crippen molar-refractivity contribution >= 4 is 0 Å². The summed E-state index contributed by atoms with van der Waals surface area (Å²) >= 11 is 0. The number of ether oxygens (including phenoxy) is 1. The highest BCUT2D eigenvalue weighted by molar-refractivity contribution is 5.68. The molecule has 0 aliphatic carbocycles. The molecule has 3 nitrogen and oxygen atoms in total. The smallest absolute Gasteiger partial charge is 0.416 e. The second-order valence-corrected chi connectivity index (χ2v) is 3.94. The largest absolute Gasteiger partial charge is 0.479 e. The van der Waals surface area contributed by atoms with E-state index in [-0.39, 0.29) is 5.88 Å². The molecular weight excluding hydrogens is 257 g/mol. The minimum absolute atomic E-state index is 0.283. The number of aromatic nitrogens is 2. The summed E-state index contributed by atoms with van der Waals surface area (Å²) in [5.74, 6) is 0.283. The van der Waals surface area contributed by atoms with E-state index >= 15 is 0 Å². The molecule has 1 heterocycles. The van der Waals surface area contributed by atoms with Gasteiger partial charge in [0, 0.05) is 18.0 Å². The van der Waals surface area contributed by atoms with Gasteiger partial charge in [0.05, 0.1) is 12.7 Å². The van der Waals surface area contributed by atoms with Crippen molar-refractivity contribution < 1.29 is 17.9 Å². The Bertz CT molecular complexity index is 597. The van der Waals surface area contributed by atoms with E-state index in [0.29, 0.717) is 16.8 Å². The van der Waals surface area contributed by atoms with Crippen molar-refractivity contribution in [3.63, 3.8) is 0 Å². The fourth-order valence-electron chi connectivity index (χ4n) is 1.77. The lowest BCUT2D eigenvalue weighted by atomic mass is 10.0. The number of nitrogens with zero attached hydrogens (tertiary/aromatic N) is 2. The number of rotatable bonds is 2. The predicted molar refractivity (Wildman–Crippen MR) is 63.8 cm³/mol. The van der Waals surface area contributed by atoms with Crippen LogP contribution in [-0.2, 0) is 6.18 Å². The molecule has 0 N–H and O–H groups in total. The topological polar surface area (TPSA) is 35.0 Å². The Hall–Kier alpha value is -2.11. The number of benzene rings is 1. The molecule has 0 atom stereocenters. The summed E-state index contributed by atoms with van der Waals surface area (Å²) in [5.41, 5.74) is 0.777.